The molecule has 7 nitrogen and oxygen atoms in total. The van der Waals surface area contributed by atoms with Gasteiger partial charge in [-0.15, -0.1) is 6.42 Å². The van der Waals surface area contributed by atoms with Gasteiger partial charge < -0.3 is 10.6 Å². The summed E-state index contributed by atoms with van der Waals surface area (Å²) in [5.74, 6) is 2.05. The summed E-state index contributed by atoms with van der Waals surface area (Å²) >= 11 is 0. The molecule has 0 aliphatic carbocycles. The van der Waals surface area contributed by atoms with E-state index in [9.17, 15) is 14.9 Å². The average molecular weight is 298 g/mol. The van der Waals surface area contributed by atoms with E-state index in [0.29, 0.717) is 16.6 Å². The van der Waals surface area contributed by atoms with E-state index < -0.39 is 4.92 Å². The lowest BCUT2D eigenvalue weighted by Gasteiger charge is -2.10. The van der Waals surface area contributed by atoms with Gasteiger partial charge in [0.25, 0.3) is 5.69 Å². The van der Waals surface area contributed by atoms with Gasteiger partial charge >= 0.3 is 0 Å². The number of non-ortho nitro benzene ring substituents is 1. The highest BCUT2D eigenvalue weighted by Gasteiger charge is 2.11. The fourth-order valence-corrected chi connectivity index (χ4v) is 1.99. The molecule has 1 aromatic carbocycles. The fourth-order valence-electron chi connectivity index (χ4n) is 1.99. The first-order valence-electron chi connectivity index (χ1n) is 6.51. The summed E-state index contributed by atoms with van der Waals surface area (Å²) < 4.78 is 0. The maximum atomic E-state index is 11.6. The number of fused-ring (bicyclic) bond motifs is 1. The standard InChI is InChI=1S/C15H14N4O3/c1-3-6-16-15(20)9-17-14-7-10(2)18-13-5-4-11(19(21)22)8-12(13)14/h1,4-5,7-8H,6,9H2,2H3,(H,16,20)(H,17,18). The van der Waals surface area contributed by atoms with Crippen molar-refractivity contribution in [3.8, 4) is 12.3 Å². The molecule has 0 fully saturated rings. The van der Waals surface area contributed by atoms with E-state index in [0.717, 1.165) is 5.69 Å². The largest absolute Gasteiger partial charge is 0.376 e. The monoisotopic (exact) mass is 298 g/mol. The number of aromatic nitrogens is 1. The number of terminal acetylenes is 1. The van der Waals surface area contributed by atoms with Crippen molar-refractivity contribution >= 4 is 28.2 Å². The SMILES string of the molecule is C#CCNC(=O)CNc1cc(C)nc2ccc([N+](=O)[O-])cc12. The molecule has 0 aliphatic heterocycles. The number of hydrogen-bond acceptors (Lipinski definition) is 5. The second kappa shape index (κ2) is 6.54. The highest BCUT2D eigenvalue weighted by atomic mass is 16.6. The Bertz CT molecular complexity index is 780. The van der Waals surface area contributed by atoms with Gasteiger partial charge in [-0.25, -0.2) is 0 Å². The molecule has 22 heavy (non-hydrogen) atoms. The smallest absolute Gasteiger partial charge is 0.270 e. The molecular formula is C15H14N4O3. The van der Waals surface area contributed by atoms with Crippen molar-refractivity contribution in [1.82, 2.24) is 10.3 Å². The van der Waals surface area contributed by atoms with Gasteiger partial charge in [-0.1, -0.05) is 5.92 Å². The zero-order chi connectivity index (χ0) is 16.1. The Labute approximate surface area is 126 Å². The van der Waals surface area contributed by atoms with E-state index in [1.54, 1.807) is 12.1 Å². The number of aryl methyl sites for hydroxylation is 1. The lowest BCUT2D eigenvalue weighted by Crippen LogP contribution is -2.30. The first-order valence-corrected chi connectivity index (χ1v) is 6.51. The van der Waals surface area contributed by atoms with Crippen molar-refractivity contribution in [2.24, 2.45) is 0 Å². The van der Waals surface area contributed by atoms with Crippen LogP contribution in [0, 0.1) is 29.4 Å². The minimum atomic E-state index is -0.470. The molecule has 1 aromatic heterocycles. The normalized spacial score (nSPS) is 10.0. The van der Waals surface area contributed by atoms with Crippen LogP contribution in [0.2, 0.25) is 0 Å². The number of carbonyl (C=O) groups is 1. The van der Waals surface area contributed by atoms with E-state index in [2.05, 4.69) is 21.5 Å². The number of nitro benzene ring substituents is 1. The first kappa shape index (κ1) is 15.3. The minimum Gasteiger partial charge on any atom is -0.376 e. The van der Waals surface area contributed by atoms with E-state index in [-0.39, 0.29) is 24.7 Å². The number of amides is 1. The van der Waals surface area contributed by atoms with Crippen LogP contribution in [0.3, 0.4) is 0 Å². The molecule has 2 aromatic rings. The van der Waals surface area contributed by atoms with Gasteiger partial charge in [0.15, 0.2) is 0 Å². The molecule has 0 saturated heterocycles. The van der Waals surface area contributed by atoms with Crippen molar-refractivity contribution in [3.05, 3.63) is 40.1 Å². The third kappa shape index (κ3) is 3.49. The second-order valence-electron chi connectivity index (χ2n) is 4.60. The molecule has 1 amide bonds. The van der Waals surface area contributed by atoms with Gasteiger partial charge in [0.2, 0.25) is 5.91 Å². The van der Waals surface area contributed by atoms with Crippen molar-refractivity contribution < 1.29 is 9.72 Å². The van der Waals surface area contributed by atoms with E-state index in [1.165, 1.54) is 12.1 Å². The number of pyridine rings is 1. The zero-order valence-corrected chi connectivity index (χ0v) is 11.9. The number of nitrogens with zero attached hydrogens (tertiary/aromatic N) is 2. The van der Waals surface area contributed by atoms with Gasteiger partial charge in [-0.3, -0.25) is 19.9 Å². The van der Waals surface area contributed by atoms with Crippen LogP contribution < -0.4 is 10.6 Å². The molecule has 2 N–H and O–H groups in total. The third-order valence-electron chi connectivity index (χ3n) is 2.96. The lowest BCUT2D eigenvalue weighted by molar-refractivity contribution is -0.384. The summed E-state index contributed by atoms with van der Waals surface area (Å²) in [4.78, 5) is 26.3. The summed E-state index contributed by atoms with van der Waals surface area (Å²) in [5.41, 5.74) is 1.95. The minimum absolute atomic E-state index is 0.0168. The molecule has 0 radical (unpaired) electrons. The Morgan fingerprint density at radius 3 is 2.91 bits per heavy atom. The number of hydrogen-bond donors (Lipinski definition) is 2. The van der Waals surface area contributed by atoms with Crippen molar-refractivity contribution in [3.63, 3.8) is 0 Å². The van der Waals surface area contributed by atoms with Gasteiger partial charge in [0.05, 0.1) is 23.5 Å². The Morgan fingerprint density at radius 1 is 1.45 bits per heavy atom. The van der Waals surface area contributed by atoms with Crippen LogP contribution in [0.4, 0.5) is 11.4 Å². The molecule has 0 bridgehead atoms. The van der Waals surface area contributed by atoms with Crippen LogP contribution >= 0.6 is 0 Å². The van der Waals surface area contributed by atoms with Gasteiger partial charge in [0.1, 0.15) is 0 Å². The Hall–Kier alpha value is -3.14. The number of rotatable bonds is 5. The van der Waals surface area contributed by atoms with Crippen LogP contribution in [0.25, 0.3) is 10.9 Å². The highest BCUT2D eigenvalue weighted by Crippen LogP contribution is 2.27. The predicted octanol–water partition coefficient (Wildman–Crippen LogP) is 1.61. The number of nitro groups is 1. The summed E-state index contributed by atoms with van der Waals surface area (Å²) in [7, 11) is 0. The average Bonchev–Trinajstić information content (AvgIpc) is 2.49. The van der Waals surface area contributed by atoms with E-state index >= 15 is 0 Å². The lowest BCUT2D eigenvalue weighted by atomic mass is 10.1. The van der Waals surface area contributed by atoms with E-state index in [1.807, 2.05) is 6.92 Å². The van der Waals surface area contributed by atoms with Crippen LogP contribution in [0.5, 0.6) is 0 Å². The highest BCUT2D eigenvalue weighted by molar-refractivity contribution is 5.94. The Balaban J connectivity index is 2.31. The number of benzene rings is 1. The molecule has 112 valence electrons. The van der Waals surface area contributed by atoms with E-state index in [4.69, 9.17) is 6.42 Å². The molecule has 1 heterocycles. The van der Waals surface area contributed by atoms with Crippen LogP contribution in [0.1, 0.15) is 5.69 Å². The van der Waals surface area contributed by atoms with Crippen molar-refractivity contribution in [2.75, 3.05) is 18.4 Å². The molecule has 0 spiro atoms. The Morgan fingerprint density at radius 2 is 2.23 bits per heavy atom. The Kier molecular flexibility index (Phi) is 4.53. The van der Waals surface area contributed by atoms with Gasteiger partial charge in [-0.2, -0.15) is 0 Å². The molecule has 2 rings (SSSR count). The third-order valence-corrected chi connectivity index (χ3v) is 2.96. The first-order chi connectivity index (χ1) is 10.5. The van der Waals surface area contributed by atoms with Gasteiger partial charge in [-0.05, 0) is 19.1 Å². The van der Waals surface area contributed by atoms with Crippen LogP contribution in [-0.2, 0) is 4.79 Å². The maximum absolute atomic E-state index is 11.6. The summed E-state index contributed by atoms with van der Waals surface area (Å²) in [6.45, 7) is 1.98. The number of anilines is 1. The van der Waals surface area contributed by atoms with Crippen LogP contribution in [0.15, 0.2) is 24.3 Å². The predicted molar refractivity (Wildman–Crippen MR) is 83.5 cm³/mol. The van der Waals surface area contributed by atoms with Gasteiger partial charge in [0, 0.05) is 28.9 Å². The molecule has 7 heteroatoms. The summed E-state index contributed by atoms with van der Waals surface area (Å²) in [6, 6.07) is 6.16. The molecule has 0 saturated carbocycles. The molecular weight excluding hydrogens is 284 g/mol. The fraction of sp³-hybridized carbons (Fsp3) is 0.200. The molecule has 0 atom stereocenters. The van der Waals surface area contributed by atoms with Crippen molar-refractivity contribution in [1.29, 1.82) is 0 Å². The maximum Gasteiger partial charge on any atom is 0.270 e. The quantitative estimate of drug-likeness (QED) is 0.496. The summed E-state index contributed by atoms with van der Waals surface area (Å²) in [5, 5.41) is 17.0. The molecule has 0 aliphatic rings. The number of carbonyl (C=O) groups excluding carboxylic acids is 1. The van der Waals surface area contributed by atoms with Crippen molar-refractivity contribution in [2.45, 2.75) is 6.92 Å². The van der Waals surface area contributed by atoms with Crippen LogP contribution in [-0.4, -0.2) is 28.9 Å². The zero-order valence-electron chi connectivity index (χ0n) is 11.9. The number of nitrogens with one attached hydrogen (secondary N) is 2. The summed E-state index contributed by atoms with van der Waals surface area (Å²) in [6.07, 6.45) is 5.07. The topological polar surface area (TPSA) is 97.2 Å². The molecule has 0 unspecified atom stereocenters. The second-order valence-corrected chi connectivity index (χ2v) is 4.60.